The van der Waals surface area contributed by atoms with Crippen LogP contribution in [0.4, 0.5) is 0 Å². The van der Waals surface area contributed by atoms with E-state index in [1.807, 2.05) is 18.2 Å². The van der Waals surface area contributed by atoms with Gasteiger partial charge in [0.1, 0.15) is 0 Å². The van der Waals surface area contributed by atoms with Crippen molar-refractivity contribution < 1.29 is 0 Å². The lowest BCUT2D eigenvalue weighted by Gasteiger charge is -2.21. The van der Waals surface area contributed by atoms with Crippen LogP contribution in [0.25, 0.3) is 0 Å². The lowest BCUT2D eigenvalue weighted by atomic mass is 10.1. The highest BCUT2D eigenvalue weighted by atomic mass is 35.5. The van der Waals surface area contributed by atoms with E-state index in [1.54, 1.807) is 11.9 Å². The molecule has 1 unspecified atom stereocenters. The smallest absolute Gasteiger partial charge is 0.0595 e. The number of hydrogen-bond donors (Lipinski definition) is 1. The van der Waals surface area contributed by atoms with E-state index in [9.17, 15) is 0 Å². The Bertz CT molecular complexity index is 388. The molecule has 1 atom stereocenters. The van der Waals surface area contributed by atoms with Crippen LogP contribution in [-0.2, 0) is 6.42 Å². The Kier molecular flexibility index (Phi) is 6.32. The second-order valence-electron chi connectivity index (χ2n) is 5.52. The van der Waals surface area contributed by atoms with Crippen molar-refractivity contribution in [3.05, 3.63) is 33.8 Å². The molecule has 0 radical (unpaired) electrons. The Morgan fingerprint density at radius 2 is 1.89 bits per heavy atom. The summed E-state index contributed by atoms with van der Waals surface area (Å²) in [5.74, 6) is 0. The molecule has 1 aromatic carbocycles. The molecule has 0 heterocycles. The van der Waals surface area contributed by atoms with Crippen molar-refractivity contribution in [2.75, 3.05) is 0 Å². The maximum Gasteiger partial charge on any atom is 0.0595 e. The summed E-state index contributed by atoms with van der Waals surface area (Å²) in [6, 6.07) is 6.33. The predicted molar refractivity (Wildman–Crippen MR) is 84.7 cm³/mol. The van der Waals surface area contributed by atoms with Gasteiger partial charge in [-0.1, -0.05) is 41.2 Å². The number of aryl methyl sites for hydroxylation is 1. The maximum atomic E-state index is 6.00. The fourth-order valence-electron chi connectivity index (χ4n) is 1.41. The third-order valence-corrected chi connectivity index (χ3v) is 4.29. The molecule has 0 bridgehead atoms. The van der Waals surface area contributed by atoms with Crippen LogP contribution in [0, 0.1) is 0 Å². The average Bonchev–Trinajstić information content (AvgIpc) is 2.27. The van der Waals surface area contributed by atoms with Crippen molar-refractivity contribution in [2.45, 2.75) is 51.3 Å². The molecule has 1 nitrogen and oxygen atoms in total. The van der Waals surface area contributed by atoms with E-state index in [0.717, 1.165) is 12.8 Å². The minimum atomic E-state index is 0.248. The molecule has 0 aliphatic rings. The van der Waals surface area contributed by atoms with Gasteiger partial charge in [0.2, 0.25) is 0 Å². The van der Waals surface area contributed by atoms with Gasteiger partial charge in [-0.25, -0.2) is 0 Å². The van der Waals surface area contributed by atoms with Gasteiger partial charge in [-0.15, -0.1) is 0 Å². The molecular weight excluding hydrogens is 285 g/mol. The van der Waals surface area contributed by atoms with Crippen LogP contribution in [-0.4, -0.2) is 10.8 Å². The van der Waals surface area contributed by atoms with Gasteiger partial charge in [-0.05, 0) is 58.2 Å². The molecule has 4 heteroatoms. The Morgan fingerprint density at radius 1 is 1.22 bits per heavy atom. The van der Waals surface area contributed by atoms with E-state index >= 15 is 0 Å². The molecule has 0 fully saturated rings. The summed E-state index contributed by atoms with van der Waals surface area (Å²) in [6.07, 6.45) is 2.09. The fourth-order valence-corrected chi connectivity index (χ4v) is 2.41. The Morgan fingerprint density at radius 3 is 2.44 bits per heavy atom. The zero-order valence-electron chi connectivity index (χ0n) is 11.4. The van der Waals surface area contributed by atoms with Crippen LogP contribution < -0.4 is 4.72 Å². The number of nitrogens with one attached hydrogen (secondary N) is 1. The first kappa shape index (κ1) is 16.2. The Balaban J connectivity index is 2.38. The molecule has 0 aliphatic heterocycles. The van der Waals surface area contributed by atoms with Gasteiger partial charge in [0.25, 0.3) is 0 Å². The molecule has 102 valence electrons. The van der Waals surface area contributed by atoms with Crippen molar-refractivity contribution in [3.63, 3.8) is 0 Å². The van der Waals surface area contributed by atoms with Crippen LogP contribution >= 0.6 is 35.1 Å². The fraction of sp³-hybridized carbons (Fsp3) is 0.571. The number of hydrogen-bond acceptors (Lipinski definition) is 2. The Labute approximate surface area is 125 Å². The molecule has 0 saturated heterocycles. The monoisotopic (exact) mass is 305 g/mol. The summed E-state index contributed by atoms with van der Waals surface area (Å²) in [6.45, 7) is 8.82. The molecular formula is C14H21Cl2NS. The van der Waals surface area contributed by atoms with Gasteiger partial charge >= 0.3 is 0 Å². The zero-order chi connectivity index (χ0) is 13.8. The van der Waals surface area contributed by atoms with E-state index < -0.39 is 0 Å². The van der Waals surface area contributed by atoms with Crippen molar-refractivity contribution in [1.29, 1.82) is 0 Å². The van der Waals surface area contributed by atoms with E-state index in [2.05, 4.69) is 32.4 Å². The van der Waals surface area contributed by atoms with Crippen LogP contribution in [0.15, 0.2) is 18.2 Å². The lowest BCUT2D eigenvalue weighted by molar-refractivity contribution is 0.621. The first-order chi connectivity index (χ1) is 8.28. The number of benzene rings is 1. The second-order valence-corrected chi connectivity index (χ2v) is 8.00. The summed E-state index contributed by atoms with van der Waals surface area (Å²) in [5.41, 5.74) is 1.24. The molecule has 0 saturated carbocycles. The van der Waals surface area contributed by atoms with E-state index in [4.69, 9.17) is 23.2 Å². The van der Waals surface area contributed by atoms with Gasteiger partial charge in [-0.2, -0.15) is 0 Å². The van der Waals surface area contributed by atoms with E-state index in [0.29, 0.717) is 16.1 Å². The van der Waals surface area contributed by atoms with E-state index in [1.165, 1.54) is 5.56 Å². The highest BCUT2D eigenvalue weighted by Crippen LogP contribution is 2.24. The minimum Gasteiger partial charge on any atom is -0.261 e. The van der Waals surface area contributed by atoms with Gasteiger partial charge in [0, 0.05) is 10.8 Å². The van der Waals surface area contributed by atoms with Crippen LogP contribution in [0.3, 0.4) is 0 Å². The number of rotatable bonds is 5. The summed E-state index contributed by atoms with van der Waals surface area (Å²) in [4.78, 5) is 0. The van der Waals surface area contributed by atoms with Crippen LogP contribution in [0.5, 0.6) is 0 Å². The first-order valence-corrected chi connectivity index (χ1v) is 7.72. The maximum absolute atomic E-state index is 6.00. The summed E-state index contributed by atoms with van der Waals surface area (Å²) in [5, 5.41) is 1.26. The topological polar surface area (TPSA) is 12.0 Å². The van der Waals surface area contributed by atoms with Crippen molar-refractivity contribution >= 4 is 35.1 Å². The highest BCUT2D eigenvalue weighted by Gasteiger charge is 2.12. The Hall–Kier alpha value is 0.110. The average molecular weight is 306 g/mol. The lowest BCUT2D eigenvalue weighted by Crippen LogP contribution is -2.25. The summed E-state index contributed by atoms with van der Waals surface area (Å²) >= 11 is 13.7. The normalized spacial score (nSPS) is 13.7. The summed E-state index contributed by atoms with van der Waals surface area (Å²) in [7, 11) is 0. The molecule has 0 aliphatic carbocycles. The molecule has 0 spiro atoms. The predicted octanol–water partition coefficient (Wildman–Crippen LogP) is 5.35. The highest BCUT2D eigenvalue weighted by molar-refractivity contribution is 7.98. The molecule has 1 N–H and O–H groups in total. The van der Waals surface area contributed by atoms with Crippen LogP contribution in [0.1, 0.15) is 39.7 Å². The van der Waals surface area contributed by atoms with E-state index in [-0.39, 0.29) is 4.75 Å². The number of halogens is 2. The van der Waals surface area contributed by atoms with Crippen molar-refractivity contribution in [2.24, 2.45) is 0 Å². The van der Waals surface area contributed by atoms with Gasteiger partial charge in [-0.3, -0.25) is 4.72 Å². The zero-order valence-corrected chi connectivity index (χ0v) is 13.7. The minimum absolute atomic E-state index is 0.248. The summed E-state index contributed by atoms with van der Waals surface area (Å²) < 4.78 is 3.72. The largest absolute Gasteiger partial charge is 0.261 e. The third kappa shape index (κ3) is 6.33. The second kappa shape index (κ2) is 7.04. The molecule has 1 aromatic rings. The van der Waals surface area contributed by atoms with Crippen LogP contribution in [0.2, 0.25) is 10.0 Å². The molecule has 0 aromatic heterocycles. The van der Waals surface area contributed by atoms with Gasteiger partial charge in [0.05, 0.1) is 10.0 Å². The molecule has 0 amide bonds. The molecule has 18 heavy (non-hydrogen) atoms. The van der Waals surface area contributed by atoms with Gasteiger partial charge < -0.3 is 0 Å². The third-order valence-electron chi connectivity index (χ3n) is 2.42. The van der Waals surface area contributed by atoms with Crippen molar-refractivity contribution in [3.8, 4) is 0 Å². The molecule has 1 rings (SSSR count). The SMILES string of the molecule is CC(CCc1ccc(Cl)c(Cl)c1)NSC(C)(C)C. The van der Waals surface area contributed by atoms with Crippen molar-refractivity contribution in [1.82, 2.24) is 4.72 Å². The standard InChI is InChI=1S/C14H21Cl2NS/c1-10(17-18-14(2,3)4)5-6-11-7-8-12(15)13(16)9-11/h7-10,17H,5-6H2,1-4H3. The first-order valence-electron chi connectivity index (χ1n) is 6.15. The van der Waals surface area contributed by atoms with Gasteiger partial charge in [0.15, 0.2) is 0 Å². The quantitative estimate of drug-likeness (QED) is 0.736.